The van der Waals surface area contributed by atoms with E-state index in [-0.39, 0.29) is 11.8 Å². The number of Topliss-reactive ketones (excluding diaryl/α,β-unsaturated/α-hetero) is 1. The van der Waals surface area contributed by atoms with Crippen LogP contribution in [0.5, 0.6) is 0 Å². The van der Waals surface area contributed by atoms with Crippen LogP contribution in [-0.4, -0.2) is 18.4 Å². The van der Waals surface area contributed by atoms with Crippen LogP contribution >= 0.6 is 0 Å². The Bertz CT molecular complexity index is 423. The summed E-state index contributed by atoms with van der Waals surface area (Å²) in [6.45, 7) is 6.21. The Labute approximate surface area is 167 Å². The van der Waals surface area contributed by atoms with Crippen LogP contribution in [0, 0.1) is 5.92 Å². The Balaban J connectivity index is 3.68. The minimum atomic E-state index is -0.564. The smallest absolute Gasteiger partial charge is 0.316 e. The molecule has 0 rings (SSSR count). The van der Waals surface area contributed by atoms with E-state index in [1.165, 1.54) is 39.0 Å². The number of ether oxygens (including phenoxy) is 1. The molecule has 0 aromatic heterocycles. The van der Waals surface area contributed by atoms with Crippen LogP contribution in [0.15, 0.2) is 24.3 Å². The molecule has 0 fully saturated rings. The number of allylic oxidation sites excluding steroid dienone is 4. The Morgan fingerprint density at radius 1 is 0.778 bits per heavy atom. The highest BCUT2D eigenvalue weighted by Crippen LogP contribution is 2.15. The fourth-order valence-electron chi connectivity index (χ4n) is 2.89. The molecule has 27 heavy (non-hydrogen) atoms. The largest absolute Gasteiger partial charge is 0.465 e. The standard InChI is InChI=1S/C24H42O3/c1-4-6-8-9-10-11-12-13-14-15-16-17-18-19-20-23(22(3)25)24(26)27-21-7-5-2/h10-11,13-14,23H,4-9,12,15-21H2,1-3H3/b11-10-,14-13-. The molecule has 0 bridgehead atoms. The molecule has 156 valence electrons. The third kappa shape index (κ3) is 16.5. The predicted octanol–water partition coefficient (Wildman–Crippen LogP) is 6.96. The lowest BCUT2D eigenvalue weighted by molar-refractivity contribution is -0.152. The molecule has 0 N–H and O–H groups in total. The molecule has 0 saturated carbocycles. The molecule has 0 radical (unpaired) electrons. The highest BCUT2D eigenvalue weighted by molar-refractivity contribution is 5.97. The van der Waals surface area contributed by atoms with Gasteiger partial charge in [0.05, 0.1) is 6.61 Å². The summed E-state index contributed by atoms with van der Waals surface area (Å²) in [6, 6.07) is 0. The van der Waals surface area contributed by atoms with Crippen molar-refractivity contribution in [3.8, 4) is 0 Å². The molecular weight excluding hydrogens is 336 g/mol. The first-order chi connectivity index (χ1) is 13.1. The number of ketones is 1. The predicted molar refractivity (Wildman–Crippen MR) is 115 cm³/mol. The minimum absolute atomic E-state index is 0.0674. The van der Waals surface area contributed by atoms with E-state index in [4.69, 9.17) is 4.74 Å². The van der Waals surface area contributed by atoms with Gasteiger partial charge >= 0.3 is 5.97 Å². The Hall–Kier alpha value is -1.38. The van der Waals surface area contributed by atoms with Crippen molar-refractivity contribution >= 4 is 11.8 Å². The molecule has 0 aromatic carbocycles. The van der Waals surface area contributed by atoms with E-state index in [9.17, 15) is 9.59 Å². The first-order valence-electron chi connectivity index (χ1n) is 11.1. The second kappa shape index (κ2) is 19.4. The number of carbonyl (C=O) groups excluding carboxylic acids is 2. The molecule has 3 nitrogen and oxygen atoms in total. The average molecular weight is 379 g/mol. The zero-order chi connectivity index (χ0) is 20.2. The Kier molecular flexibility index (Phi) is 18.4. The molecule has 0 aromatic rings. The van der Waals surface area contributed by atoms with Gasteiger partial charge in [0, 0.05) is 0 Å². The monoisotopic (exact) mass is 378 g/mol. The fraction of sp³-hybridized carbons (Fsp3) is 0.750. The molecule has 0 spiro atoms. The summed E-state index contributed by atoms with van der Waals surface area (Å²) in [5.41, 5.74) is 0. The first-order valence-corrected chi connectivity index (χ1v) is 11.1. The summed E-state index contributed by atoms with van der Waals surface area (Å²) in [4.78, 5) is 23.6. The maximum Gasteiger partial charge on any atom is 0.316 e. The van der Waals surface area contributed by atoms with Gasteiger partial charge in [-0.05, 0) is 51.9 Å². The third-order valence-corrected chi connectivity index (χ3v) is 4.71. The number of carbonyl (C=O) groups is 2. The molecule has 0 saturated heterocycles. The van der Waals surface area contributed by atoms with Crippen molar-refractivity contribution < 1.29 is 14.3 Å². The van der Waals surface area contributed by atoms with Crippen LogP contribution < -0.4 is 0 Å². The third-order valence-electron chi connectivity index (χ3n) is 4.71. The lowest BCUT2D eigenvalue weighted by atomic mass is 9.97. The second-order valence-electron chi connectivity index (χ2n) is 7.35. The minimum Gasteiger partial charge on any atom is -0.465 e. The summed E-state index contributed by atoms with van der Waals surface area (Å²) in [5.74, 6) is -0.963. The zero-order valence-corrected chi connectivity index (χ0v) is 18.0. The molecule has 0 aliphatic heterocycles. The van der Waals surface area contributed by atoms with E-state index in [0.717, 1.165) is 44.9 Å². The van der Waals surface area contributed by atoms with Crippen LogP contribution in [0.4, 0.5) is 0 Å². The summed E-state index contributed by atoms with van der Waals surface area (Å²) in [5, 5.41) is 0. The average Bonchev–Trinajstić information content (AvgIpc) is 2.64. The topological polar surface area (TPSA) is 43.4 Å². The highest BCUT2D eigenvalue weighted by Gasteiger charge is 2.24. The zero-order valence-electron chi connectivity index (χ0n) is 18.0. The van der Waals surface area contributed by atoms with Crippen LogP contribution in [0.1, 0.15) is 104 Å². The van der Waals surface area contributed by atoms with Crippen molar-refractivity contribution in [1.82, 2.24) is 0 Å². The molecule has 0 aliphatic rings. The van der Waals surface area contributed by atoms with Gasteiger partial charge in [-0.25, -0.2) is 0 Å². The van der Waals surface area contributed by atoms with Crippen molar-refractivity contribution in [2.75, 3.05) is 6.61 Å². The molecular formula is C24H42O3. The van der Waals surface area contributed by atoms with Crippen molar-refractivity contribution in [2.24, 2.45) is 5.92 Å². The molecule has 0 amide bonds. The van der Waals surface area contributed by atoms with Gasteiger partial charge in [0.25, 0.3) is 0 Å². The SMILES string of the molecule is CCCCC/C=C\C/C=C\CCCCCCC(C(C)=O)C(=O)OCCCC. The van der Waals surface area contributed by atoms with Gasteiger partial charge in [-0.2, -0.15) is 0 Å². The number of hydrogen-bond acceptors (Lipinski definition) is 3. The van der Waals surface area contributed by atoms with Gasteiger partial charge in [0.2, 0.25) is 0 Å². The molecule has 3 heteroatoms. The number of unbranched alkanes of at least 4 members (excludes halogenated alkanes) is 8. The number of rotatable bonds is 18. The van der Waals surface area contributed by atoms with Gasteiger partial charge in [-0.15, -0.1) is 0 Å². The van der Waals surface area contributed by atoms with E-state index < -0.39 is 5.92 Å². The van der Waals surface area contributed by atoms with Crippen LogP contribution in [0.25, 0.3) is 0 Å². The number of esters is 1. The molecule has 1 unspecified atom stereocenters. The van der Waals surface area contributed by atoms with Gasteiger partial charge < -0.3 is 4.74 Å². The van der Waals surface area contributed by atoms with E-state index in [0.29, 0.717) is 13.0 Å². The highest BCUT2D eigenvalue weighted by atomic mass is 16.5. The Morgan fingerprint density at radius 2 is 1.37 bits per heavy atom. The Morgan fingerprint density at radius 3 is 1.96 bits per heavy atom. The summed E-state index contributed by atoms with van der Waals surface area (Å²) < 4.78 is 5.20. The lowest BCUT2D eigenvalue weighted by Gasteiger charge is -2.13. The van der Waals surface area contributed by atoms with Crippen molar-refractivity contribution in [3.05, 3.63) is 24.3 Å². The van der Waals surface area contributed by atoms with Crippen LogP contribution in [0.2, 0.25) is 0 Å². The van der Waals surface area contributed by atoms with Crippen molar-refractivity contribution in [3.63, 3.8) is 0 Å². The summed E-state index contributed by atoms with van der Waals surface area (Å²) in [7, 11) is 0. The van der Waals surface area contributed by atoms with E-state index >= 15 is 0 Å². The van der Waals surface area contributed by atoms with Gasteiger partial charge in [-0.1, -0.05) is 76.7 Å². The lowest BCUT2D eigenvalue weighted by Crippen LogP contribution is -2.24. The molecule has 0 aliphatic carbocycles. The normalized spacial score (nSPS) is 12.7. The second-order valence-corrected chi connectivity index (χ2v) is 7.35. The maximum atomic E-state index is 12.0. The molecule has 0 heterocycles. The summed E-state index contributed by atoms with van der Waals surface area (Å²) >= 11 is 0. The number of hydrogen-bond donors (Lipinski definition) is 0. The van der Waals surface area contributed by atoms with Crippen LogP contribution in [-0.2, 0) is 14.3 Å². The van der Waals surface area contributed by atoms with Gasteiger partial charge in [0.1, 0.15) is 11.7 Å². The van der Waals surface area contributed by atoms with E-state index in [2.05, 4.69) is 38.2 Å². The van der Waals surface area contributed by atoms with Crippen molar-refractivity contribution in [2.45, 2.75) is 104 Å². The van der Waals surface area contributed by atoms with E-state index in [1.54, 1.807) is 0 Å². The summed E-state index contributed by atoms with van der Waals surface area (Å²) in [6.07, 6.45) is 23.1. The van der Waals surface area contributed by atoms with Crippen molar-refractivity contribution in [1.29, 1.82) is 0 Å². The van der Waals surface area contributed by atoms with Crippen LogP contribution in [0.3, 0.4) is 0 Å². The first kappa shape index (κ1) is 25.6. The van der Waals surface area contributed by atoms with Gasteiger partial charge in [-0.3, -0.25) is 9.59 Å². The maximum absolute atomic E-state index is 12.0. The molecule has 1 atom stereocenters. The fourth-order valence-corrected chi connectivity index (χ4v) is 2.89. The van der Waals surface area contributed by atoms with Gasteiger partial charge in [0.15, 0.2) is 0 Å². The quantitative estimate of drug-likeness (QED) is 0.112. The van der Waals surface area contributed by atoms with E-state index in [1.807, 2.05) is 0 Å².